The van der Waals surface area contributed by atoms with Crippen LogP contribution in [0.25, 0.3) is 0 Å². The minimum atomic E-state index is -0.0416. The van der Waals surface area contributed by atoms with Crippen molar-refractivity contribution in [2.75, 3.05) is 32.9 Å². The van der Waals surface area contributed by atoms with Crippen LogP contribution in [0.3, 0.4) is 0 Å². The number of hydrogen-bond donors (Lipinski definition) is 1. The first-order chi connectivity index (χ1) is 8.71. The summed E-state index contributed by atoms with van der Waals surface area (Å²) < 4.78 is 11.6. The summed E-state index contributed by atoms with van der Waals surface area (Å²) in [6, 6.07) is 0.543. The third-order valence-corrected chi connectivity index (χ3v) is 4.48. The van der Waals surface area contributed by atoms with Crippen LogP contribution in [0.5, 0.6) is 0 Å². The van der Waals surface area contributed by atoms with Gasteiger partial charge in [0, 0.05) is 25.7 Å². The molecule has 4 nitrogen and oxygen atoms in total. The maximum Gasteiger partial charge on any atom is 0.0731 e. The first-order valence-electron chi connectivity index (χ1n) is 7.37. The lowest BCUT2D eigenvalue weighted by Crippen LogP contribution is -2.65. The molecule has 0 bridgehead atoms. The van der Waals surface area contributed by atoms with Gasteiger partial charge in [-0.2, -0.15) is 0 Å². The van der Waals surface area contributed by atoms with Gasteiger partial charge in [0.05, 0.1) is 24.9 Å². The van der Waals surface area contributed by atoms with E-state index < -0.39 is 0 Å². The normalized spacial score (nSPS) is 32.8. The Morgan fingerprint density at radius 2 is 2.17 bits per heavy atom. The molecule has 106 valence electrons. The molecule has 1 saturated carbocycles. The van der Waals surface area contributed by atoms with Crippen molar-refractivity contribution in [3.63, 3.8) is 0 Å². The zero-order valence-corrected chi connectivity index (χ0v) is 11.9. The topological polar surface area (TPSA) is 47.7 Å². The van der Waals surface area contributed by atoms with Crippen LogP contribution in [-0.2, 0) is 9.47 Å². The molecule has 4 heteroatoms. The molecule has 1 aliphatic carbocycles. The molecular formula is C14H28N2O2. The Balaban J connectivity index is 2.07. The molecule has 2 rings (SSSR count). The predicted octanol–water partition coefficient (Wildman–Crippen LogP) is 1.38. The van der Waals surface area contributed by atoms with Crippen molar-refractivity contribution in [2.45, 2.75) is 57.2 Å². The zero-order chi connectivity index (χ0) is 13.0. The van der Waals surface area contributed by atoms with Crippen LogP contribution in [0.2, 0.25) is 0 Å². The Morgan fingerprint density at radius 1 is 1.39 bits per heavy atom. The summed E-state index contributed by atoms with van der Waals surface area (Å²) in [6.07, 6.45) is 5.49. The van der Waals surface area contributed by atoms with Crippen molar-refractivity contribution in [3.05, 3.63) is 0 Å². The van der Waals surface area contributed by atoms with Crippen molar-refractivity contribution >= 4 is 0 Å². The number of hydrogen-bond acceptors (Lipinski definition) is 4. The molecule has 2 N–H and O–H groups in total. The van der Waals surface area contributed by atoms with E-state index in [-0.39, 0.29) is 5.54 Å². The molecule has 1 heterocycles. The molecule has 3 atom stereocenters. The lowest BCUT2D eigenvalue weighted by Gasteiger charge is -2.51. The summed E-state index contributed by atoms with van der Waals surface area (Å²) >= 11 is 0. The van der Waals surface area contributed by atoms with Gasteiger partial charge in [0.25, 0.3) is 0 Å². The van der Waals surface area contributed by atoms with Gasteiger partial charge in [0.1, 0.15) is 0 Å². The van der Waals surface area contributed by atoms with E-state index in [4.69, 9.17) is 15.2 Å². The van der Waals surface area contributed by atoms with Crippen LogP contribution in [0, 0.1) is 0 Å². The minimum Gasteiger partial charge on any atom is -0.380 e. The number of morpholine rings is 1. The molecule has 0 aromatic rings. The summed E-state index contributed by atoms with van der Waals surface area (Å²) in [5.41, 5.74) is 6.00. The summed E-state index contributed by atoms with van der Waals surface area (Å²) in [5.74, 6) is 0. The molecule has 0 aromatic carbocycles. The van der Waals surface area contributed by atoms with Gasteiger partial charge in [-0.05, 0) is 26.7 Å². The summed E-state index contributed by atoms with van der Waals surface area (Å²) in [6.45, 7) is 8.23. The van der Waals surface area contributed by atoms with E-state index in [0.29, 0.717) is 18.7 Å². The van der Waals surface area contributed by atoms with Crippen molar-refractivity contribution < 1.29 is 9.47 Å². The highest BCUT2D eigenvalue weighted by molar-refractivity contribution is 4.97. The van der Waals surface area contributed by atoms with Gasteiger partial charge in [-0.15, -0.1) is 0 Å². The Hall–Kier alpha value is -0.160. The molecule has 0 radical (unpaired) electrons. The van der Waals surface area contributed by atoms with Gasteiger partial charge in [0.15, 0.2) is 0 Å². The molecule has 0 amide bonds. The summed E-state index contributed by atoms with van der Waals surface area (Å²) in [7, 11) is 0. The van der Waals surface area contributed by atoms with Crippen LogP contribution in [0.4, 0.5) is 0 Å². The SMILES string of the molecule is CCOCC(C)(CN)N1CCOC2CCCCC21. The fraction of sp³-hybridized carbons (Fsp3) is 1.00. The Labute approximate surface area is 111 Å². The third kappa shape index (κ3) is 2.87. The number of ether oxygens (including phenoxy) is 2. The monoisotopic (exact) mass is 256 g/mol. The lowest BCUT2D eigenvalue weighted by atomic mass is 9.86. The number of nitrogens with two attached hydrogens (primary N) is 1. The highest BCUT2D eigenvalue weighted by Gasteiger charge is 2.42. The van der Waals surface area contributed by atoms with Gasteiger partial charge >= 0.3 is 0 Å². The molecule has 2 fully saturated rings. The van der Waals surface area contributed by atoms with Gasteiger partial charge in [0.2, 0.25) is 0 Å². The van der Waals surface area contributed by atoms with Gasteiger partial charge in [-0.1, -0.05) is 12.8 Å². The predicted molar refractivity (Wildman–Crippen MR) is 72.7 cm³/mol. The average molecular weight is 256 g/mol. The van der Waals surface area contributed by atoms with Crippen LogP contribution in [0.15, 0.2) is 0 Å². The van der Waals surface area contributed by atoms with E-state index >= 15 is 0 Å². The fourth-order valence-corrected chi connectivity index (χ4v) is 3.35. The quantitative estimate of drug-likeness (QED) is 0.807. The third-order valence-electron chi connectivity index (χ3n) is 4.48. The zero-order valence-electron chi connectivity index (χ0n) is 11.9. The molecular weight excluding hydrogens is 228 g/mol. The van der Waals surface area contributed by atoms with E-state index in [1.54, 1.807) is 0 Å². The minimum absolute atomic E-state index is 0.0416. The van der Waals surface area contributed by atoms with E-state index in [1.165, 1.54) is 25.7 Å². The van der Waals surface area contributed by atoms with Crippen LogP contribution >= 0.6 is 0 Å². The van der Waals surface area contributed by atoms with Crippen molar-refractivity contribution in [2.24, 2.45) is 5.73 Å². The highest BCUT2D eigenvalue weighted by atomic mass is 16.5. The van der Waals surface area contributed by atoms with E-state index in [9.17, 15) is 0 Å². The molecule has 2 aliphatic rings. The molecule has 0 aromatic heterocycles. The first-order valence-corrected chi connectivity index (χ1v) is 7.37. The number of rotatable bonds is 5. The van der Waals surface area contributed by atoms with Gasteiger partial charge in [-0.25, -0.2) is 0 Å². The summed E-state index contributed by atoms with van der Waals surface area (Å²) in [5, 5.41) is 0. The standard InChI is InChI=1S/C14H28N2O2/c1-3-17-11-14(2,10-15)16-8-9-18-13-7-5-4-6-12(13)16/h12-13H,3-11,15H2,1-2H3. The fourth-order valence-electron chi connectivity index (χ4n) is 3.35. The van der Waals surface area contributed by atoms with E-state index in [0.717, 1.165) is 26.4 Å². The Morgan fingerprint density at radius 3 is 2.89 bits per heavy atom. The number of nitrogens with zero attached hydrogens (tertiary/aromatic N) is 1. The van der Waals surface area contributed by atoms with E-state index in [1.807, 2.05) is 6.92 Å². The maximum absolute atomic E-state index is 6.04. The lowest BCUT2D eigenvalue weighted by molar-refractivity contribution is -0.134. The second-order valence-electron chi connectivity index (χ2n) is 5.79. The molecule has 1 saturated heterocycles. The molecule has 0 spiro atoms. The van der Waals surface area contributed by atoms with Crippen molar-refractivity contribution in [1.82, 2.24) is 4.90 Å². The summed E-state index contributed by atoms with van der Waals surface area (Å²) in [4.78, 5) is 2.57. The van der Waals surface area contributed by atoms with Crippen LogP contribution in [0.1, 0.15) is 39.5 Å². The van der Waals surface area contributed by atoms with Crippen molar-refractivity contribution in [1.29, 1.82) is 0 Å². The first kappa shape index (κ1) is 14.3. The molecule has 1 aliphatic heterocycles. The Bertz CT molecular complexity index is 260. The molecule has 18 heavy (non-hydrogen) atoms. The average Bonchev–Trinajstić information content (AvgIpc) is 2.44. The number of fused-ring (bicyclic) bond motifs is 1. The maximum atomic E-state index is 6.04. The van der Waals surface area contributed by atoms with Crippen LogP contribution in [-0.4, -0.2) is 55.5 Å². The highest BCUT2D eigenvalue weighted by Crippen LogP contribution is 2.32. The molecule has 3 unspecified atom stereocenters. The van der Waals surface area contributed by atoms with Gasteiger partial charge in [-0.3, -0.25) is 4.90 Å². The second-order valence-corrected chi connectivity index (χ2v) is 5.79. The second kappa shape index (κ2) is 6.33. The largest absolute Gasteiger partial charge is 0.380 e. The van der Waals surface area contributed by atoms with E-state index in [2.05, 4.69) is 11.8 Å². The van der Waals surface area contributed by atoms with Gasteiger partial charge < -0.3 is 15.2 Å². The Kier molecular flexibility index (Phi) is 5.01. The van der Waals surface area contributed by atoms with Crippen molar-refractivity contribution in [3.8, 4) is 0 Å². The smallest absolute Gasteiger partial charge is 0.0731 e. The van der Waals surface area contributed by atoms with Crippen LogP contribution < -0.4 is 5.73 Å².